The number of aliphatic hydroxyl groups excluding tert-OH is 1. The summed E-state index contributed by atoms with van der Waals surface area (Å²) in [7, 11) is 0. The van der Waals surface area contributed by atoms with Gasteiger partial charge < -0.3 is 10.4 Å². The van der Waals surface area contributed by atoms with Gasteiger partial charge in [0.2, 0.25) is 0 Å². The minimum Gasteiger partial charge on any atom is -0.396 e. The van der Waals surface area contributed by atoms with Gasteiger partial charge in [-0.2, -0.15) is 0 Å². The molecule has 0 aliphatic rings. The predicted molar refractivity (Wildman–Crippen MR) is 63.8 cm³/mol. The lowest BCUT2D eigenvalue weighted by molar-refractivity contribution is 0.268. The minimum absolute atomic E-state index is 0.253. The highest BCUT2D eigenvalue weighted by atomic mass is 16.3. The summed E-state index contributed by atoms with van der Waals surface area (Å²) in [6.07, 6.45) is 1.90. The molecule has 0 aliphatic heterocycles. The molecule has 15 heavy (non-hydrogen) atoms. The molecule has 2 N–H and O–H groups in total. The summed E-state index contributed by atoms with van der Waals surface area (Å²) in [4.78, 5) is 0. The first kappa shape index (κ1) is 12.2. The number of benzene rings is 1. The molecule has 0 spiro atoms. The summed E-state index contributed by atoms with van der Waals surface area (Å²) in [6.45, 7) is 5.39. The summed E-state index contributed by atoms with van der Waals surface area (Å²) in [5, 5.41) is 12.1. The van der Waals surface area contributed by atoms with Crippen molar-refractivity contribution in [1.29, 1.82) is 0 Å². The maximum atomic E-state index is 8.76. The molecule has 0 bridgehead atoms. The molecule has 2 heteroatoms. The molecule has 1 rings (SSSR count). The van der Waals surface area contributed by atoms with Crippen molar-refractivity contribution in [1.82, 2.24) is 5.32 Å². The third-order valence-corrected chi connectivity index (χ3v) is 2.65. The van der Waals surface area contributed by atoms with E-state index in [9.17, 15) is 0 Å². The molecule has 0 heterocycles. The molecule has 0 saturated carbocycles. The van der Waals surface area contributed by atoms with E-state index in [1.165, 1.54) is 11.1 Å². The van der Waals surface area contributed by atoms with Crippen LogP contribution in [0.2, 0.25) is 0 Å². The Morgan fingerprint density at radius 3 is 2.33 bits per heavy atom. The van der Waals surface area contributed by atoms with Gasteiger partial charge >= 0.3 is 0 Å². The van der Waals surface area contributed by atoms with Crippen LogP contribution in [-0.4, -0.2) is 17.8 Å². The van der Waals surface area contributed by atoms with Crippen molar-refractivity contribution in [2.45, 2.75) is 39.3 Å². The first-order chi connectivity index (χ1) is 7.26. The molecular formula is C13H21NO. The van der Waals surface area contributed by atoms with Gasteiger partial charge in [0.15, 0.2) is 0 Å². The van der Waals surface area contributed by atoms with Crippen molar-refractivity contribution < 1.29 is 5.11 Å². The van der Waals surface area contributed by atoms with Crippen LogP contribution in [0.4, 0.5) is 0 Å². The molecule has 0 saturated heterocycles. The molecule has 1 aromatic carbocycles. The maximum absolute atomic E-state index is 8.76. The third-order valence-electron chi connectivity index (χ3n) is 2.65. The first-order valence-electron chi connectivity index (χ1n) is 5.68. The molecule has 1 aromatic rings. The fraction of sp³-hybridized carbons (Fsp3) is 0.538. The summed E-state index contributed by atoms with van der Waals surface area (Å²) < 4.78 is 0. The Morgan fingerprint density at radius 1 is 1.20 bits per heavy atom. The third kappa shape index (κ3) is 4.45. The molecule has 0 aliphatic carbocycles. The fourth-order valence-corrected chi connectivity index (χ4v) is 1.48. The first-order valence-corrected chi connectivity index (χ1v) is 5.68. The van der Waals surface area contributed by atoms with Gasteiger partial charge in [0.25, 0.3) is 0 Å². The van der Waals surface area contributed by atoms with Gasteiger partial charge in [0.05, 0.1) is 0 Å². The molecule has 0 radical (unpaired) electrons. The van der Waals surface area contributed by atoms with Crippen LogP contribution in [0, 0.1) is 0 Å². The second kappa shape index (κ2) is 6.59. The van der Waals surface area contributed by atoms with Gasteiger partial charge in [0, 0.05) is 19.2 Å². The molecule has 1 atom stereocenters. The maximum Gasteiger partial charge on any atom is 0.0445 e. The lowest BCUT2D eigenvalue weighted by Gasteiger charge is -2.12. The highest BCUT2D eigenvalue weighted by Crippen LogP contribution is 2.05. The van der Waals surface area contributed by atoms with Gasteiger partial charge in [-0.15, -0.1) is 0 Å². The molecule has 0 aromatic heterocycles. The van der Waals surface area contributed by atoms with E-state index in [0.29, 0.717) is 6.04 Å². The minimum atomic E-state index is 0.253. The largest absolute Gasteiger partial charge is 0.396 e. The van der Waals surface area contributed by atoms with E-state index in [2.05, 4.69) is 43.4 Å². The molecule has 0 amide bonds. The van der Waals surface area contributed by atoms with Crippen LogP contribution < -0.4 is 5.32 Å². The van der Waals surface area contributed by atoms with Crippen molar-refractivity contribution >= 4 is 0 Å². The number of hydrogen-bond acceptors (Lipinski definition) is 2. The fourth-order valence-electron chi connectivity index (χ4n) is 1.48. The van der Waals surface area contributed by atoms with Crippen LogP contribution in [0.25, 0.3) is 0 Å². The van der Waals surface area contributed by atoms with Crippen molar-refractivity contribution in [2.75, 3.05) is 6.61 Å². The van der Waals surface area contributed by atoms with Crippen LogP contribution >= 0.6 is 0 Å². The van der Waals surface area contributed by atoms with E-state index in [1.807, 2.05) is 0 Å². The highest BCUT2D eigenvalue weighted by Gasteiger charge is 2.00. The van der Waals surface area contributed by atoms with E-state index in [1.54, 1.807) is 0 Å². The van der Waals surface area contributed by atoms with Gasteiger partial charge in [-0.05, 0) is 30.9 Å². The summed E-state index contributed by atoms with van der Waals surface area (Å²) in [6, 6.07) is 9.05. The quantitative estimate of drug-likeness (QED) is 0.749. The smallest absolute Gasteiger partial charge is 0.0445 e. The zero-order valence-electron chi connectivity index (χ0n) is 9.66. The van der Waals surface area contributed by atoms with E-state index >= 15 is 0 Å². The Labute approximate surface area is 92.3 Å². The van der Waals surface area contributed by atoms with Gasteiger partial charge in [0.1, 0.15) is 0 Å². The normalized spacial score (nSPS) is 12.7. The van der Waals surface area contributed by atoms with Crippen molar-refractivity contribution in [3.8, 4) is 0 Å². The average molecular weight is 207 g/mol. The van der Waals surface area contributed by atoms with Crippen LogP contribution in [0.1, 0.15) is 31.4 Å². The van der Waals surface area contributed by atoms with Crippen LogP contribution in [0.15, 0.2) is 24.3 Å². The number of aryl methyl sites for hydroxylation is 1. The summed E-state index contributed by atoms with van der Waals surface area (Å²) in [5.41, 5.74) is 2.68. The topological polar surface area (TPSA) is 32.3 Å². The summed E-state index contributed by atoms with van der Waals surface area (Å²) >= 11 is 0. The van der Waals surface area contributed by atoms with Gasteiger partial charge in [-0.3, -0.25) is 0 Å². The van der Waals surface area contributed by atoms with Crippen molar-refractivity contribution in [3.63, 3.8) is 0 Å². The number of nitrogens with one attached hydrogen (secondary N) is 1. The molecular weight excluding hydrogens is 186 g/mol. The Morgan fingerprint density at radius 2 is 1.80 bits per heavy atom. The zero-order chi connectivity index (χ0) is 11.1. The van der Waals surface area contributed by atoms with Crippen molar-refractivity contribution in [2.24, 2.45) is 0 Å². The molecule has 84 valence electrons. The molecule has 0 fully saturated rings. The van der Waals surface area contributed by atoms with Crippen molar-refractivity contribution in [3.05, 3.63) is 35.4 Å². The van der Waals surface area contributed by atoms with E-state index in [-0.39, 0.29) is 6.61 Å². The van der Waals surface area contributed by atoms with E-state index < -0.39 is 0 Å². The Bertz CT molecular complexity index is 268. The Kier molecular flexibility index (Phi) is 5.37. The monoisotopic (exact) mass is 207 g/mol. The number of rotatable bonds is 6. The number of aliphatic hydroxyl groups is 1. The predicted octanol–water partition coefficient (Wildman–Crippen LogP) is 2.11. The zero-order valence-corrected chi connectivity index (χ0v) is 9.66. The van der Waals surface area contributed by atoms with Gasteiger partial charge in [-0.1, -0.05) is 31.2 Å². The second-order valence-corrected chi connectivity index (χ2v) is 3.96. The lowest BCUT2D eigenvalue weighted by Crippen LogP contribution is -2.26. The average Bonchev–Trinajstić information content (AvgIpc) is 2.27. The standard InChI is InChI=1S/C13H21NO/c1-3-12-4-6-13(7-5-12)10-14-11(2)8-9-15/h4-7,11,14-15H,3,8-10H2,1-2H3/t11-/m1/s1. The Balaban J connectivity index is 2.37. The summed E-state index contributed by atoms with van der Waals surface area (Å²) in [5.74, 6) is 0. The van der Waals surface area contributed by atoms with Crippen LogP contribution in [-0.2, 0) is 13.0 Å². The molecule has 0 unspecified atom stereocenters. The lowest BCUT2D eigenvalue weighted by atomic mass is 10.1. The second-order valence-electron chi connectivity index (χ2n) is 3.96. The molecule has 2 nitrogen and oxygen atoms in total. The number of hydrogen-bond donors (Lipinski definition) is 2. The SMILES string of the molecule is CCc1ccc(CN[C@H](C)CCO)cc1. The van der Waals surface area contributed by atoms with Gasteiger partial charge in [-0.25, -0.2) is 0 Å². The van der Waals surface area contributed by atoms with Crippen LogP contribution in [0.3, 0.4) is 0 Å². The van der Waals surface area contributed by atoms with Crippen LogP contribution in [0.5, 0.6) is 0 Å². The van der Waals surface area contributed by atoms with E-state index in [4.69, 9.17) is 5.11 Å². The highest BCUT2D eigenvalue weighted by molar-refractivity contribution is 5.22. The Hall–Kier alpha value is -0.860. The van der Waals surface area contributed by atoms with E-state index in [0.717, 1.165) is 19.4 Å².